The lowest BCUT2D eigenvalue weighted by molar-refractivity contribution is -0.125. The molecule has 1 N–H and O–H groups in total. The van der Waals surface area contributed by atoms with Crippen LogP contribution in [0, 0.1) is 6.92 Å². The molecule has 6 nitrogen and oxygen atoms in total. The Morgan fingerprint density at radius 2 is 1.96 bits per heavy atom. The minimum Gasteiger partial charge on any atom is -0.450 e. The van der Waals surface area contributed by atoms with Gasteiger partial charge in [-0.1, -0.05) is 18.6 Å². The third-order valence-corrected chi connectivity index (χ3v) is 3.78. The van der Waals surface area contributed by atoms with Gasteiger partial charge in [0.1, 0.15) is 5.58 Å². The summed E-state index contributed by atoms with van der Waals surface area (Å²) in [6.07, 6.45) is 0.742. The van der Waals surface area contributed by atoms with E-state index < -0.39 is 18.5 Å². The molecule has 0 radical (unpaired) electrons. The van der Waals surface area contributed by atoms with Crippen molar-refractivity contribution < 1.29 is 18.7 Å². The molecule has 6 heteroatoms. The Balaban J connectivity index is 2.10. The van der Waals surface area contributed by atoms with E-state index in [1.165, 1.54) is 0 Å². The molecule has 0 aliphatic heterocycles. The third kappa shape index (κ3) is 4.22. The number of carbonyl (C=O) groups is 2. The predicted molar refractivity (Wildman–Crippen MR) is 90.0 cm³/mol. The minimum absolute atomic E-state index is 0.223. The number of benzene rings is 1. The van der Waals surface area contributed by atoms with E-state index in [0.717, 1.165) is 18.1 Å². The van der Waals surface area contributed by atoms with Crippen LogP contribution in [0.3, 0.4) is 0 Å². The second-order valence-electron chi connectivity index (χ2n) is 6.34. The Bertz CT molecular complexity index is 835. The average molecular weight is 331 g/mol. The molecule has 1 aromatic heterocycles. The van der Waals surface area contributed by atoms with Gasteiger partial charge in [-0.05, 0) is 39.3 Å². The van der Waals surface area contributed by atoms with Crippen LogP contribution in [0.25, 0.3) is 11.0 Å². The van der Waals surface area contributed by atoms with E-state index in [1.807, 2.05) is 27.7 Å². The summed E-state index contributed by atoms with van der Waals surface area (Å²) in [5.41, 5.74) is 0.511. The van der Waals surface area contributed by atoms with Crippen LogP contribution in [0.1, 0.15) is 43.3 Å². The highest BCUT2D eigenvalue weighted by Crippen LogP contribution is 2.14. The van der Waals surface area contributed by atoms with E-state index in [-0.39, 0.29) is 16.7 Å². The summed E-state index contributed by atoms with van der Waals surface area (Å²) in [6, 6.07) is 6.18. The van der Waals surface area contributed by atoms with Crippen molar-refractivity contribution in [3.63, 3.8) is 0 Å². The summed E-state index contributed by atoms with van der Waals surface area (Å²) in [7, 11) is 0. The molecule has 0 bridgehead atoms. The minimum atomic E-state index is -0.848. The third-order valence-electron chi connectivity index (χ3n) is 3.78. The van der Waals surface area contributed by atoms with Gasteiger partial charge in [0.25, 0.3) is 5.91 Å². The largest absolute Gasteiger partial charge is 0.450 e. The molecule has 0 atom stereocenters. The van der Waals surface area contributed by atoms with E-state index in [1.54, 1.807) is 18.2 Å². The van der Waals surface area contributed by atoms with Crippen LogP contribution in [0.5, 0.6) is 0 Å². The van der Waals surface area contributed by atoms with E-state index >= 15 is 0 Å². The van der Waals surface area contributed by atoms with Gasteiger partial charge >= 0.3 is 5.97 Å². The van der Waals surface area contributed by atoms with Gasteiger partial charge in [-0.25, -0.2) is 4.79 Å². The number of fused-ring (bicyclic) bond motifs is 1. The maximum Gasteiger partial charge on any atom is 0.374 e. The quantitative estimate of drug-likeness (QED) is 0.851. The van der Waals surface area contributed by atoms with Gasteiger partial charge in [-0.15, -0.1) is 0 Å². The Kier molecular flexibility index (Phi) is 5.07. The van der Waals surface area contributed by atoms with E-state index in [9.17, 15) is 14.4 Å². The first kappa shape index (κ1) is 17.7. The van der Waals surface area contributed by atoms with E-state index in [2.05, 4.69) is 5.32 Å². The van der Waals surface area contributed by atoms with Crippen molar-refractivity contribution >= 4 is 22.8 Å². The van der Waals surface area contributed by atoms with Crippen LogP contribution < -0.4 is 10.7 Å². The van der Waals surface area contributed by atoms with Gasteiger partial charge in [0.05, 0.1) is 5.39 Å². The Hall–Kier alpha value is -2.63. The van der Waals surface area contributed by atoms with Gasteiger partial charge in [0.15, 0.2) is 12.0 Å². The number of rotatable bonds is 5. The normalized spacial score (nSPS) is 11.3. The first-order valence-corrected chi connectivity index (χ1v) is 7.74. The highest BCUT2D eigenvalue weighted by molar-refractivity contribution is 5.90. The van der Waals surface area contributed by atoms with Crippen molar-refractivity contribution in [3.8, 4) is 0 Å². The second kappa shape index (κ2) is 6.86. The Morgan fingerprint density at radius 3 is 2.62 bits per heavy atom. The van der Waals surface area contributed by atoms with Gasteiger partial charge in [-0.2, -0.15) is 0 Å². The van der Waals surface area contributed by atoms with Crippen LogP contribution in [0.15, 0.2) is 33.5 Å². The van der Waals surface area contributed by atoms with Gasteiger partial charge in [0.2, 0.25) is 5.76 Å². The van der Waals surface area contributed by atoms with E-state index in [4.69, 9.17) is 9.15 Å². The molecule has 0 unspecified atom stereocenters. The summed E-state index contributed by atoms with van der Waals surface area (Å²) < 4.78 is 10.3. The van der Waals surface area contributed by atoms with Gasteiger partial charge in [0, 0.05) is 11.6 Å². The number of hydrogen-bond donors (Lipinski definition) is 1. The summed E-state index contributed by atoms with van der Waals surface area (Å²) in [4.78, 5) is 35.9. The van der Waals surface area contributed by atoms with Crippen LogP contribution in [0.4, 0.5) is 0 Å². The van der Waals surface area contributed by atoms with Crippen molar-refractivity contribution in [2.45, 2.75) is 39.7 Å². The van der Waals surface area contributed by atoms with Crippen LogP contribution in [-0.2, 0) is 9.53 Å². The lowest BCUT2D eigenvalue weighted by atomic mass is 10.0. The molecule has 1 amide bonds. The number of amides is 1. The number of esters is 1. The molecular formula is C18H21NO5. The summed E-state index contributed by atoms with van der Waals surface area (Å²) in [5.74, 6) is -1.48. The Labute approximate surface area is 139 Å². The fraction of sp³-hybridized carbons (Fsp3) is 0.389. The SMILES string of the molecule is CCC(C)(C)NC(=O)COC(=O)c1cc(=O)c2cc(C)ccc2o1. The standard InChI is InChI=1S/C18H21NO5/c1-5-18(3,4)19-16(21)10-23-17(22)15-9-13(20)12-8-11(2)6-7-14(12)24-15/h6-9H,5,10H2,1-4H3,(H,19,21). The zero-order valence-electron chi connectivity index (χ0n) is 14.3. The molecule has 2 aromatic rings. The molecule has 0 saturated carbocycles. The van der Waals surface area contributed by atoms with Gasteiger partial charge < -0.3 is 14.5 Å². The fourth-order valence-corrected chi connectivity index (χ4v) is 2.07. The molecule has 24 heavy (non-hydrogen) atoms. The molecule has 2 rings (SSSR count). The molecule has 0 saturated heterocycles. The smallest absolute Gasteiger partial charge is 0.374 e. The fourth-order valence-electron chi connectivity index (χ4n) is 2.07. The summed E-state index contributed by atoms with van der Waals surface area (Å²) >= 11 is 0. The highest BCUT2D eigenvalue weighted by atomic mass is 16.5. The topological polar surface area (TPSA) is 85.6 Å². The number of nitrogens with one attached hydrogen (secondary N) is 1. The predicted octanol–water partition coefficient (Wildman–Crippen LogP) is 2.56. The maximum atomic E-state index is 12.1. The van der Waals surface area contributed by atoms with Crippen molar-refractivity contribution in [2.24, 2.45) is 0 Å². The van der Waals surface area contributed by atoms with Gasteiger partial charge in [-0.3, -0.25) is 9.59 Å². The summed E-state index contributed by atoms with van der Waals surface area (Å²) in [6.45, 7) is 7.11. The molecule has 0 aliphatic rings. The average Bonchev–Trinajstić information content (AvgIpc) is 2.52. The van der Waals surface area contributed by atoms with Crippen molar-refractivity contribution in [3.05, 3.63) is 45.8 Å². The number of hydrogen-bond acceptors (Lipinski definition) is 5. The number of ether oxygens (including phenoxy) is 1. The monoisotopic (exact) mass is 331 g/mol. The lowest BCUT2D eigenvalue weighted by Gasteiger charge is -2.24. The Morgan fingerprint density at radius 1 is 1.25 bits per heavy atom. The molecule has 128 valence electrons. The number of aryl methyl sites for hydroxylation is 1. The van der Waals surface area contributed by atoms with E-state index in [0.29, 0.717) is 11.0 Å². The van der Waals surface area contributed by atoms with Crippen molar-refractivity contribution in [1.82, 2.24) is 5.32 Å². The maximum absolute atomic E-state index is 12.1. The molecule has 1 heterocycles. The zero-order valence-corrected chi connectivity index (χ0v) is 14.3. The molecular weight excluding hydrogens is 310 g/mol. The molecule has 0 fully saturated rings. The lowest BCUT2D eigenvalue weighted by Crippen LogP contribution is -2.44. The molecule has 0 spiro atoms. The van der Waals surface area contributed by atoms with Crippen molar-refractivity contribution in [1.29, 1.82) is 0 Å². The zero-order chi connectivity index (χ0) is 17.9. The first-order chi connectivity index (χ1) is 11.2. The molecule has 0 aliphatic carbocycles. The van der Waals surface area contributed by atoms with Crippen LogP contribution in [0.2, 0.25) is 0 Å². The second-order valence-corrected chi connectivity index (χ2v) is 6.34. The van der Waals surface area contributed by atoms with Crippen molar-refractivity contribution in [2.75, 3.05) is 6.61 Å². The van der Waals surface area contributed by atoms with Crippen LogP contribution >= 0.6 is 0 Å². The number of carbonyl (C=O) groups excluding carboxylic acids is 2. The first-order valence-electron chi connectivity index (χ1n) is 7.74. The molecule has 1 aromatic carbocycles. The van der Waals surface area contributed by atoms with Crippen LogP contribution in [-0.4, -0.2) is 24.0 Å². The summed E-state index contributed by atoms with van der Waals surface area (Å²) in [5, 5.41) is 3.15. The highest BCUT2D eigenvalue weighted by Gasteiger charge is 2.20.